The molecule has 2 aliphatic rings. The van der Waals surface area contributed by atoms with Crippen LogP contribution in [0.1, 0.15) is 38.5 Å². The zero-order valence-corrected chi connectivity index (χ0v) is 7.33. The molecule has 2 heteroatoms. The highest BCUT2D eigenvalue weighted by Gasteiger charge is 2.41. The fraction of sp³-hybridized carbons (Fsp3) is 0.900. The molecule has 2 nitrogen and oxygen atoms in total. The van der Waals surface area contributed by atoms with E-state index in [9.17, 15) is 4.79 Å². The minimum absolute atomic E-state index is 0.00694. The van der Waals surface area contributed by atoms with E-state index in [1.165, 1.54) is 25.7 Å². The van der Waals surface area contributed by atoms with E-state index >= 15 is 0 Å². The molecule has 2 bridgehead atoms. The topological polar surface area (TPSA) is 37.3 Å². The van der Waals surface area contributed by atoms with Crippen LogP contribution in [-0.4, -0.2) is 11.1 Å². The quantitative estimate of drug-likeness (QED) is 0.652. The predicted molar refractivity (Wildman–Crippen MR) is 45.8 cm³/mol. The van der Waals surface area contributed by atoms with E-state index in [1.54, 1.807) is 0 Å². The summed E-state index contributed by atoms with van der Waals surface area (Å²) in [6.07, 6.45) is 7.17. The summed E-state index contributed by atoms with van der Waals surface area (Å²) in [5, 5.41) is 9.04. The van der Waals surface area contributed by atoms with Crippen molar-refractivity contribution in [2.24, 2.45) is 17.8 Å². The zero-order chi connectivity index (χ0) is 8.55. The molecule has 0 aromatic heterocycles. The second-order valence-electron chi connectivity index (χ2n) is 4.25. The Morgan fingerprint density at radius 1 is 1.00 bits per heavy atom. The van der Waals surface area contributed by atoms with Gasteiger partial charge in [0.2, 0.25) is 0 Å². The van der Waals surface area contributed by atoms with Gasteiger partial charge < -0.3 is 5.11 Å². The molecule has 0 saturated heterocycles. The molecule has 0 amide bonds. The highest BCUT2D eigenvalue weighted by atomic mass is 16.4. The average Bonchev–Trinajstić information content (AvgIpc) is 2.24. The largest absolute Gasteiger partial charge is 0.481 e. The van der Waals surface area contributed by atoms with E-state index in [-0.39, 0.29) is 5.92 Å². The third-order valence-corrected chi connectivity index (χ3v) is 3.61. The van der Waals surface area contributed by atoms with Crippen molar-refractivity contribution in [1.29, 1.82) is 0 Å². The number of carbonyl (C=O) groups is 1. The maximum Gasteiger partial charge on any atom is 0.307 e. The van der Waals surface area contributed by atoms with Crippen LogP contribution in [0.25, 0.3) is 0 Å². The molecule has 1 N–H and O–H groups in total. The van der Waals surface area contributed by atoms with Crippen molar-refractivity contribution in [3.63, 3.8) is 0 Å². The molecule has 2 unspecified atom stereocenters. The predicted octanol–water partition coefficient (Wildman–Crippen LogP) is 2.29. The van der Waals surface area contributed by atoms with Gasteiger partial charge in [0.15, 0.2) is 0 Å². The van der Waals surface area contributed by atoms with Crippen LogP contribution >= 0.6 is 0 Å². The summed E-state index contributed by atoms with van der Waals surface area (Å²) >= 11 is 0. The summed E-state index contributed by atoms with van der Waals surface area (Å²) < 4.78 is 0. The average molecular weight is 168 g/mol. The molecule has 2 rings (SSSR count). The first kappa shape index (κ1) is 8.09. The Morgan fingerprint density at radius 3 is 1.92 bits per heavy atom. The fourth-order valence-corrected chi connectivity index (χ4v) is 3.04. The first-order valence-electron chi connectivity index (χ1n) is 5.02. The molecular weight excluding hydrogens is 152 g/mol. The van der Waals surface area contributed by atoms with Crippen molar-refractivity contribution in [1.82, 2.24) is 0 Å². The third-order valence-electron chi connectivity index (χ3n) is 3.61. The van der Waals surface area contributed by atoms with Crippen molar-refractivity contribution in [2.45, 2.75) is 38.5 Å². The van der Waals surface area contributed by atoms with Crippen LogP contribution in [0.4, 0.5) is 0 Å². The number of aliphatic carboxylic acids is 1. The fourth-order valence-electron chi connectivity index (χ4n) is 3.04. The second-order valence-corrected chi connectivity index (χ2v) is 4.25. The maximum atomic E-state index is 11.0. The first-order chi connectivity index (χ1) is 5.79. The number of carboxylic acid groups (broad SMARTS) is 1. The lowest BCUT2D eigenvalue weighted by Crippen LogP contribution is -2.22. The molecule has 0 aromatic rings. The summed E-state index contributed by atoms with van der Waals surface area (Å²) in [4.78, 5) is 11.0. The monoisotopic (exact) mass is 168 g/mol. The van der Waals surface area contributed by atoms with Gasteiger partial charge in [-0.1, -0.05) is 12.8 Å². The van der Waals surface area contributed by atoms with Gasteiger partial charge in [-0.15, -0.1) is 0 Å². The molecule has 2 fully saturated rings. The first-order valence-corrected chi connectivity index (χ1v) is 5.02. The Morgan fingerprint density at radius 2 is 1.50 bits per heavy atom. The van der Waals surface area contributed by atoms with Crippen molar-refractivity contribution < 1.29 is 9.90 Å². The molecule has 0 aromatic carbocycles. The van der Waals surface area contributed by atoms with Crippen LogP contribution in [-0.2, 0) is 4.79 Å². The van der Waals surface area contributed by atoms with E-state index in [0.29, 0.717) is 11.8 Å². The summed E-state index contributed by atoms with van der Waals surface area (Å²) in [6, 6.07) is 0. The van der Waals surface area contributed by atoms with Crippen LogP contribution in [0.2, 0.25) is 0 Å². The Labute approximate surface area is 73.0 Å². The Kier molecular flexibility index (Phi) is 2.07. The van der Waals surface area contributed by atoms with E-state index in [2.05, 4.69) is 0 Å². The highest BCUT2D eigenvalue weighted by Crippen LogP contribution is 2.45. The SMILES string of the molecule is O=C(O)C1C2CCCCC1CC2. The summed E-state index contributed by atoms with van der Waals surface area (Å²) in [5.74, 6) is 0.488. The van der Waals surface area contributed by atoms with Gasteiger partial charge in [0.25, 0.3) is 0 Å². The summed E-state index contributed by atoms with van der Waals surface area (Å²) in [7, 11) is 0. The van der Waals surface area contributed by atoms with E-state index in [0.717, 1.165) is 12.8 Å². The molecule has 2 saturated carbocycles. The van der Waals surface area contributed by atoms with Gasteiger partial charge >= 0.3 is 5.97 Å². The van der Waals surface area contributed by atoms with Gasteiger partial charge in [-0.3, -0.25) is 4.79 Å². The van der Waals surface area contributed by atoms with Crippen molar-refractivity contribution in [2.75, 3.05) is 0 Å². The van der Waals surface area contributed by atoms with E-state index in [1.807, 2.05) is 0 Å². The second kappa shape index (κ2) is 3.08. The van der Waals surface area contributed by atoms with Gasteiger partial charge in [0, 0.05) is 0 Å². The lowest BCUT2D eigenvalue weighted by molar-refractivity contribution is -0.144. The number of fused-ring (bicyclic) bond motifs is 2. The minimum atomic E-state index is -0.538. The summed E-state index contributed by atoms with van der Waals surface area (Å²) in [6.45, 7) is 0. The molecule has 0 heterocycles. The zero-order valence-electron chi connectivity index (χ0n) is 7.33. The molecule has 68 valence electrons. The normalized spacial score (nSPS) is 40.8. The lowest BCUT2D eigenvalue weighted by Gasteiger charge is -2.16. The molecule has 0 aliphatic heterocycles. The number of hydrogen-bond donors (Lipinski definition) is 1. The van der Waals surface area contributed by atoms with Crippen molar-refractivity contribution in [3.8, 4) is 0 Å². The van der Waals surface area contributed by atoms with Crippen LogP contribution in [0, 0.1) is 17.8 Å². The highest BCUT2D eigenvalue weighted by molar-refractivity contribution is 5.71. The maximum absolute atomic E-state index is 11.0. The van der Waals surface area contributed by atoms with E-state index in [4.69, 9.17) is 5.11 Å². The van der Waals surface area contributed by atoms with Gasteiger partial charge in [-0.05, 0) is 37.5 Å². The Bertz CT molecular complexity index is 174. The standard InChI is InChI=1S/C10H16O2/c11-10(12)9-7-3-1-2-4-8(9)6-5-7/h7-9H,1-6H2,(H,11,12). The smallest absolute Gasteiger partial charge is 0.307 e. The lowest BCUT2D eigenvalue weighted by atomic mass is 9.89. The summed E-state index contributed by atoms with van der Waals surface area (Å²) in [5.41, 5.74) is 0. The number of hydrogen-bond acceptors (Lipinski definition) is 1. The molecule has 0 radical (unpaired) electrons. The van der Waals surface area contributed by atoms with Crippen molar-refractivity contribution in [3.05, 3.63) is 0 Å². The van der Waals surface area contributed by atoms with E-state index < -0.39 is 5.97 Å². The molecular formula is C10H16O2. The van der Waals surface area contributed by atoms with Gasteiger partial charge in [-0.25, -0.2) is 0 Å². The van der Waals surface area contributed by atoms with Gasteiger partial charge in [-0.2, -0.15) is 0 Å². The molecule has 2 aliphatic carbocycles. The minimum Gasteiger partial charge on any atom is -0.481 e. The Balaban J connectivity index is 2.14. The van der Waals surface area contributed by atoms with Crippen LogP contribution < -0.4 is 0 Å². The molecule has 0 spiro atoms. The van der Waals surface area contributed by atoms with Crippen molar-refractivity contribution >= 4 is 5.97 Å². The molecule has 12 heavy (non-hydrogen) atoms. The number of rotatable bonds is 1. The van der Waals surface area contributed by atoms with Gasteiger partial charge in [0.1, 0.15) is 0 Å². The Hall–Kier alpha value is -0.530. The molecule has 2 atom stereocenters. The van der Waals surface area contributed by atoms with Gasteiger partial charge in [0.05, 0.1) is 5.92 Å². The number of carboxylic acids is 1. The third kappa shape index (κ3) is 1.23. The van der Waals surface area contributed by atoms with Crippen LogP contribution in [0.15, 0.2) is 0 Å². The van der Waals surface area contributed by atoms with Crippen LogP contribution in [0.3, 0.4) is 0 Å². The van der Waals surface area contributed by atoms with Crippen LogP contribution in [0.5, 0.6) is 0 Å².